The molecule has 2 rings (SSSR count). The molecule has 1 aromatic heterocycles. The molecule has 0 aliphatic heterocycles. The third kappa shape index (κ3) is 3.07. The van der Waals surface area contributed by atoms with Gasteiger partial charge in [0.05, 0.1) is 5.52 Å². The Morgan fingerprint density at radius 2 is 2.26 bits per heavy atom. The van der Waals surface area contributed by atoms with Gasteiger partial charge in [-0.05, 0) is 24.3 Å². The first-order valence-corrected chi connectivity index (χ1v) is 5.84. The molecule has 4 nitrogen and oxygen atoms in total. The fraction of sp³-hybridized carbons (Fsp3) is 0.143. The number of nitrogens with two attached hydrogens (primary N) is 1. The van der Waals surface area contributed by atoms with E-state index in [1.807, 2.05) is 30.3 Å². The molecule has 98 valence electrons. The number of rotatable bonds is 3. The molecule has 0 spiro atoms. The number of hydrogen-bond acceptors (Lipinski definition) is 3. The summed E-state index contributed by atoms with van der Waals surface area (Å²) in [6.45, 7) is -0.697. The van der Waals surface area contributed by atoms with E-state index < -0.39 is 6.67 Å². The van der Waals surface area contributed by atoms with E-state index >= 15 is 0 Å². The average molecular weight is 258 g/mol. The number of hydrogen-bond donors (Lipinski definition) is 2. The zero-order valence-electron chi connectivity index (χ0n) is 10.6. The number of halogens is 1. The molecule has 1 aromatic carbocycles. The van der Waals surface area contributed by atoms with E-state index in [9.17, 15) is 4.39 Å². The highest BCUT2D eigenvalue weighted by Crippen LogP contribution is 2.21. The Morgan fingerprint density at radius 1 is 1.42 bits per heavy atom. The van der Waals surface area contributed by atoms with Crippen LogP contribution in [0, 0.1) is 0 Å². The van der Waals surface area contributed by atoms with Crippen LogP contribution < -0.4 is 11.1 Å². The van der Waals surface area contributed by atoms with Crippen molar-refractivity contribution in [3.63, 3.8) is 0 Å². The number of amidine groups is 1. The van der Waals surface area contributed by atoms with Crippen LogP contribution in [-0.2, 0) is 0 Å². The van der Waals surface area contributed by atoms with Crippen molar-refractivity contribution in [3.8, 4) is 0 Å². The molecule has 0 atom stereocenters. The highest BCUT2D eigenvalue weighted by Gasteiger charge is 2.03. The SMILES string of the molecule is CN=C(C=C(N)CF)Nc1cccc2ncccc12. The van der Waals surface area contributed by atoms with E-state index in [1.54, 1.807) is 13.2 Å². The van der Waals surface area contributed by atoms with Crippen LogP contribution in [0.15, 0.2) is 53.3 Å². The summed E-state index contributed by atoms with van der Waals surface area (Å²) in [7, 11) is 1.62. The zero-order valence-corrected chi connectivity index (χ0v) is 10.6. The third-order valence-electron chi connectivity index (χ3n) is 2.63. The van der Waals surface area contributed by atoms with Crippen molar-refractivity contribution in [1.29, 1.82) is 0 Å². The molecule has 0 saturated carbocycles. The maximum Gasteiger partial charge on any atom is 0.129 e. The summed E-state index contributed by atoms with van der Waals surface area (Å²) in [6, 6.07) is 9.55. The van der Waals surface area contributed by atoms with Crippen LogP contribution in [0.4, 0.5) is 10.1 Å². The van der Waals surface area contributed by atoms with E-state index in [4.69, 9.17) is 5.73 Å². The van der Waals surface area contributed by atoms with Crippen molar-refractivity contribution in [2.45, 2.75) is 0 Å². The molecule has 19 heavy (non-hydrogen) atoms. The number of pyridine rings is 1. The smallest absolute Gasteiger partial charge is 0.129 e. The minimum absolute atomic E-state index is 0.131. The van der Waals surface area contributed by atoms with Gasteiger partial charge < -0.3 is 11.1 Å². The Bertz CT molecular complexity index is 629. The normalized spacial score (nSPS) is 12.7. The van der Waals surface area contributed by atoms with Crippen LogP contribution in [0.25, 0.3) is 10.9 Å². The van der Waals surface area contributed by atoms with Crippen molar-refractivity contribution in [1.82, 2.24) is 4.98 Å². The summed E-state index contributed by atoms with van der Waals surface area (Å²) in [6.07, 6.45) is 3.22. The first kappa shape index (κ1) is 13.0. The number of aromatic nitrogens is 1. The standard InChI is InChI=1S/C14H15FN4/c1-17-14(8-10(16)9-15)19-13-6-2-5-12-11(13)4-3-7-18-12/h2-8H,9,16H2,1H3,(H,17,19). The van der Waals surface area contributed by atoms with Gasteiger partial charge in [-0.3, -0.25) is 9.98 Å². The molecular formula is C14H15FN4. The van der Waals surface area contributed by atoms with Crippen LogP contribution in [-0.4, -0.2) is 24.5 Å². The van der Waals surface area contributed by atoms with Crippen LogP contribution in [0.5, 0.6) is 0 Å². The average Bonchev–Trinajstić information content (AvgIpc) is 2.46. The number of allylic oxidation sites excluding steroid dienone is 1. The number of benzene rings is 1. The topological polar surface area (TPSA) is 63.3 Å². The Kier molecular flexibility index (Phi) is 4.07. The number of nitrogens with one attached hydrogen (secondary N) is 1. The Balaban J connectivity index is 2.35. The second-order valence-corrected chi connectivity index (χ2v) is 3.96. The fourth-order valence-corrected chi connectivity index (χ4v) is 1.72. The summed E-state index contributed by atoms with van der Waals surface area (Å²) in [5.41, 5.74) is 7.34. The molecule has 0 aliphatic carbocycles. The number of aliphatic imine (C=N–C) groups is 1. The second-order valence-electron chi connectivity index (χ2n) is 3.96. The monoisotopic (exact) mass is 258 g/mol. The molecule has 2 aromatic rings. The summed E-state index contributed by atoms with van der Waals surface area (Å²) < 4.78 is 12.4. The van der Waals surface area contributed by atoms with Crippen LogP contribution in [0.3, 0.4) is 0 Å². The molecule has 0 unspecified atom stereocenters. The van der Waals surface area contributed by atoms with Crippen molar-refractivity contribution in [3.05, 3.63) is 48.3 Å². The molecule has 0 bridgehead atoms. The van der Waals surface area contributed by atoms with Gasteiger partial charge in [-0.25, -0.2) is 4.39 Å². The summed E-state index contributed by atoms with van der Waals surface area (Å²) in [4.78, 5) is 8.31. The lowest BCUT2D eigenvalue weighted by Gasteiger charge is -2.09. The molecule has 0 fully saturated rings. The molecule has 0 radical (unpaired) electrons. The highest BCUT2D eigenvalue weighted by atomic mass is 19.1. The number of anilines is 1. The van der Waals surface area contributed by atoms with Crippen LogP contribution in [0.1, 0.15) is 0 Å². The first-order chi connectivity index (χ1) is 9.24. The zero-order chi connectivity index (χ0) is 13.7. The fourth-order valence-electron chi connectivity index (χ4n) is 1.72. The highest BCUT2D eigenvalue weighted by molar-refractivity contribution is 6.08. The predicted molar refractivity (Wildman–Crippen MR) is 77.0 cm³/mol. The maximum atomic E-state index is 12.4. The largest absolute Gasteiger partial charge is 0.400 e. The minimum atomic E-state index is -0.697. The van der Waals surface area contributed by atoms with Gasteiger partial charge in [0.15, 0.2) is 0 Å². The van der Waals surface area contributed by atoms with Crippen LogP contribution >= 0.6 is 0 Å². The van der Waals surface area contributed by atoms with Gasteiger partial charge in [0, 0.05) is 36.1 Å². The quantitative estimate of drug-likeness (QED) is 0.656. The van der Waals surface area contributed by atoms with Gasteiger partial charge in [-0.2, -0.15) is 0 Å². The molecule has 1 heterocycles. The number of fused-ring (bicyclic) bond motifs is 1. The van der Waals surface area contributed by atoms with E-state index in [2.05, 4.69) is 15.3 Å². The summed E-state index contributed by atoms with van der Waals surface area (Å²) in [5.74, 6) is 0.506. The lowest BCUT2D eigenvalue weighted by molar-refractivity contribution is 0.540. The molecule has 5 heteroatoms. The van der Waals surface area contributed by atoms with Gasteiger partial charge in [0.1, 0.15) is 12.5 Å². The molecule has 0 aliphatic rings. The van der Waals surface area contributed by atoms with Gasteiger partial charge in [0.25, 0.3) is 0 Å². The van der Waals surface area contributed by atoms with E-state index in [0.717, 1.165) is 16.6 Å². The Labute approximate surface area is 110 Å². The summed E-state index contributed by atoms with van der Waals surface area (Å²) in [5, 5.41) is 4.09. The van der Waals surface area contributed by atoms with Crippen molar-refractivity contribution in [2.24, 2.45) is 10.7 Å². The molecule has 0 saturated heterocycles. The molecule has 3 N–H and O–H groups in total. The molecular weight excluding hydrogens is 243 g/mol. The predicted octanol–water partition coefficient (Wildman–Crippen LogP) is 2.49. The number of nitrogens with zero attached hydrogens (tertiary/aromatic N) is 2. The lowest BCUT2D eigenvalue weighted by atomic mass is 10.2. The van der Waals surface area contributed by atoms with Gasteiger partial charge in [0.2, 0.25) is 0 Å². The second kappa shape index (κ2) is 5.95. The van der Waals surface area contributed by atoms with Gasteiger partial charge in [-0.15, -0.1) is 0 Å². The van der Waals surface area contributed by atoms with E-state index in [-0.39, 0.29) is 5.70 Å². The number of alkyl halides is 1. The van der Waals surface area contributed by atoms with Crippen molar-refractivity contribution < 1.29 is 4.39 Å². The first-order valence-electron chi connectivity index (χ1n) is 5.84. The Morgan fingerprint density at radius 3 is 3.00 bits per heavy atom. The summed E-state index contributed by atoms with van der Waals surface area (Å²) >= 11 is 0. The van der Waals surface area contributed by atoms with E-state index in [1.165, 1.54) is 6.08 Å². The van der Waals surface area contributed by atoms with Crippen LogP contribution in [0.2, 0.25) is 0 Å². The molecule has 0 amide bonds. The Hall–Kier alpha value is -2.43. The van der Waals surface area contributed by atoms with E-state index in [0.29, 0.717) is 5.84 Å². The van der Waals surface area contributed by atoms with Crippen molar-refractivity contribution in [2.75, 3.05) is 19.0 Å². The van der Waals surface area contributed by atoms with Gasteiger partial charge in [-0.1, -0.05) is 6.07 Å². The third-order valence-corrected chi connectivity index (χ3v) is 2.63. The van der Waals surface area contributed by atoms with Crippen molar-refractivity contribution >= 4 is 22.4 Å². The van der Waals surface area contributed by atoms with Gasteiger partial charge >= 0.3 is 0 Å². The minimum Gasteiger partial charge on any atom is -0.400 e. The lowest BCUT2D eigenvalue weighted by Crippen LogP contribution is -2.13. The maximum absolute atomic E-state index is 12.4.